The first-order chi connectivity index (χ1) is 18.2. The van der Waals surface area contributed by atoms with E-state index in [1.54, 1.807) is 6.07 Å². The van der Waals surface area contributed by atoms with Crippen LogP contribution < -0.4 is 10.6 Å². The maximum Gasteiger partial charge on any atom is 0.416 e. The number of oxime groups is 1. The molecule has 0 unspecified atom stereocenters. The summed E-state index contributed by atoms with van der Waals surface area (Å²) in [6, 6.07) is 11.8. The molecule has 3 aromatic rings. The van der Waals surface area contributed by atoms with Crippen LogP contribution in [-0.2, 0) is 33.4 Å². The summed E-state index contributed by atoms with van der Waals surface area (Å²) in [5, 5.41) is 8.52. The second kappa shape index (κ2) is 12.4. The summed E-state index contributed by atoms with van der Waals surface area (Å²) < 4.78 is 78.2. The fourth-order valence-electron chi connectivity index (χ4n) is 3.09. The van der Waals surface area contributed by atoms with Crippen LogP contribution >= 0.6 is 23.2 Å². The number of alkyl halides is 6. The topological polar surface area (TPSA) is 79.8 Å². The maximum absolute atomic E-state index is 13.0. The summed E-state index contributed by atoms with van der Waals surface area (Å²) in [7, 11) is 0. The van der Waals surface area contributed by atoms with Crippen molar-refractivity contribution >= 4 is 52.6 Å². The average molecular weight is 592 g/mol. The predicted molar refractivity (Wildman–Crippen MR) is 133 cm³/mol. The van der Waals surface area contributed by atoms with Crippen LogP contribution in [0.4, 0.5) is 37.7 Å². The highest BCUT2D eigenvalue weighted by Gasteiger charge is 2.32. The van der Waals surface area contributed by atoms with Gasteiger partial charge in [-0.2, -0.15) is 26.3 Å². The van der Waals surface area contributed by atoms with Crippen LogP contribution in [-0.4, -0.2) is 18.0 Å². The van der Waals surface area contributed by atoms with E-state index in [2.05, 4.69) is 15.8 Å². The van der Waals surface area contributed by atoms with Gasteiger partial charge in [-0.25, -0.2) is 0 Å². The predicted octanol–water partition coefficient (Wildman–Crippen LogP) is 7.43. The molecule has 0 atom stereocenters. The molecule has 0 saturated heterocycles. The van der Waals surface area contributed by atoms with Crippen molar-refractivity contribution in [3.05, 3.63) is 93.5 Å². The minimum absolute atomic E-state index is 0.205. The Morgan fingerprint density at radius 3 is 1.79 bits per heavy atom. The first-order valence-electron chi connectivity index (χ1n) is 10.8. The molecule has 0 aliphatic heterocycles. The third kappa shape index (κ3) is 8.62. The molecule has 0 bridgehead atoms. The van der Waals surface area contributed by atoms with E-state index in [4.69, 9.17) is 28.0 Å². The summed E-state index contributed by atoms with van der Waals surface area (Å²) in [6.45, 7) is -0.205. The molecule has 3 aromatic carbocycles. The lowest BCUT2D eigenvalue weighted by atomic mass is 10.1. The fraction of sp³-hybridized carbons (Fsp3) is 0.160. The van der Waals surface area contributed by atoms with Crippen LogP contribution in [0.3, 0.4) is 0 Å². The summed E-state index contributed by atoms with van der Waals surface area (Å²) in [5.74, 6) is -4.08. The number of benzene rings is 3. The molecular weight excluding hydrogens is 575 g/mol. The van der Waals surface area contributed by atoms with Gasteiger partial charge < -0.3 is 15.5 Å². The molecule has 206 valence electrons. The summed E-state index contributed by atoms with van der Waals surface area (Å²) in [5.41, 5.74) is -2.22. The smallest absolute Gasteiger partial charge is 0.391 e. The minimum Gasteiger partial charge on any atom is -0.391 e. The Kier molecular flexibility index (Phi) is 9.46. The Morgan fingerprint density at radius 2 is 1.33 bits per heavy atom. The number of hydrogen-bond donors (Lipinski definition) is 2. The highest BCUT2D eigenvalue weighted by Crippen LogP contribution is 2.32. The normalized spacial score (nSPS) is 12.0. The van der Waals surface area contributed by atoms with E-state index >= 15 is 0 Å². The van der Waals surface area contributed by atoms with Crippen molar-refractivity contribution in [2.45, 2.75) is 19.0 Å². The highest BCUT2D eigenvalue weighted by atomic mass is 35.5. The van der Waals surface area contributed by atoms with E-state index in [-0.39, 0.29) is 23.0 Å². The van der Waals surface area contributed by atoms with Crippen molar-refractivity contribution in [1.29, 1.82) is 0 Å². The van der Waals surface area contributed by atoms with Crippen LogP contribution in [0.5, 0.6) is 0 Å². The Labute approximate surface area is 227 Å². The van der Waals surface area contributed by atoms with Gasteiger partial charge in [0, 0.05) is 27.0 Å². The molecular formula is C25H17Cl2F6N3O3. The van der Waals surface area contributed by atoms with E-state index in [0.717, 1.165) is 42.6 Å². The Balaban J connectivity index is 1.81. The Bertz CT molecular complexity index is 1310. The van der Waals surface area contributed by atoms with E-state index in [1.165, 1.54) is 12.1 Å². The van der Waals surface area contributed by atoms with Crippen LogP contribution in [0.1, 0.15) is 16.7 Å². The zero-order valence-corrected chi connectivity index (χ0v) is 20.9. The SMILES string of the molecule is O=C(Nc1cccc(C(F)(F)F)c1)C(/C=N\OCc1ccc(Cl)cc1Cl)C(=O)Nc1cccc(C(F)(F)F)c1. The molecule has 14 heteroatoms. The van der Waals surface area contributed by atoms with Crippen molar-refractivity contribution in [2.75, 3.05) is 10.6 Å². The van der Waals surface area contributed by atoms with Crippen LogP contribution in [0, 0.1) is 5.92 Å². The molecule has 39 heavy (non-hydrogen) atoms. The number of carbonyl (C=O) groups is 2. The third-order valence-corrected chi connectivity index (χ3v) is 5.59. The van der Waals surface area contributed by atoms with Gasteiger partial charge in [-0.15, -0.1) is 0 Å². The van der Waals surface area contributed by atoms with Crippen LogP contribution in [0.25, 0.3) is 0 Å². The minimum atomic E-state index is -4.70. The number of anilines is 2. The number of carbonyl (C=O) groups excluding carboxylic acids is 2. The molecule has 0 radical (unpaired) electrons. The highest BCUT2D eigenvalue weighted by molar-refractivity contribution is 6.35. The van der Waals surface area contributed by atoms with Gasteiger partial charge in [-0.05, 0) is 48.5 Å². The first-order valence-corrected chi connectivity index (χ1v) is 11.6. The second-order valence-corrected chi connectivity index (χ2v) is 8.72. The van der Waals surface area contributed by atoms with Gasteiger partial charge in [-0.3, -0.25) is 9.59 Å². The van der Waals surface area contributed by atoms with Crippen molar-refractivity contribution in [3.8, 4) is 0 Å². The zero-order chi connectivity index (χ0) is 28.8. The quantitative estimate of drug-likeness (QED) is 0.124. The first kappa shape index (κ1) is 29.8. The van der Waals surface area contributed by atoms with Crippen molar-refractivity contribution in [1.82, 2.24) is 0 Å². The summed E-state index contributed by atoms with van der Waals surface area (Å²) in [6.07, 6.45) is -8.64. The molecule has 0 aromatic heterocycles. The Hall–Kier alpha value is -3.77. The van der Waals surface area contributed by atoms with Crippen molar-refractivity contribution < 1.29 is 40.8 Å². The Morgan fingerprint density at radius 1 is 0.821 bits per heavy atom. The number of halogens is 8. The van der Waals surface area contributed by atoms with Gasteiger partial charge in [0.15, 0.2) is 5.92 Å². The molecule has 0 saturated carbocycles. The number of hydrogen-bond acceptors (Lipinski definition) is 4. The lowest BCUT2D eigenvalue weighted by Gasteiger charge is -2.15. The van der Waals surface area contributed by atoms with E-state index in [9.17, 15) is 35.9 Å². The standard InChI is InChI=1S/C25H17Cl2F6N3O3/c26-17-8-7-14(21(27)11-17)13-39-34-12-20(22(37)35-18-5-1-3-15(9-18)24(28,29)30)23(38)36-19-6-2-4-16(10-19)25(31,32)33/h1-12,20H,13H2,(H,35,37)(H,36,38)/b34-12-. The molecule has 0 heterocycles. The van der Waals surface area contributed by atoms with Gasteiger partial charge in [0.2, 0.25) is 11.8 Å². The van der Waals surface area contributed by atoms with Crippen LogP contribution in [0.15, 0.2) is 71.9 Å². The lowest BCUT2D eigenvalue weighted by Crippen LogP contribution is -2.35. The van der Waals surface area contributed by atoms with Gasteiger partial charge in [0.05, 0.1) is 17.3 Å². The second-order valence-electron chi connectivity index (χ2n) is 7.88. The molecule has 2 N–H and O–H groups in total. The molecule has 3 rings (SSSR count). The number of rotatable bonds is 8. The van der Waals surface area contributed by atoms with Gasteiger partial charge in [0.1, 0.15) is 6.61 Å². The summed E-state index contributed by atoms with van der Waals surface area (Å²) in [4.78, 5) is 30.8. The maximum atomic E-state index is 13.0. The molecule has 0 fully saturated rings. The van der Waals surface area contributed by atoms with E-state index in [1.807, 2.05) is 0 Å². The van der Waals surface area contributed by atoms with E-state index in [0.29, 0.717) is 22.7 Å². The number of nitrogens with zero attached hydrogens (tertiary/aromatic N) is 1. The monoisotopic (exact) mass is 591 g/mol. The fourth-order valence-corrected chi connectivity index (χ4v) is 3.55. The van der Waals surface area contributed by atoms with Crippen molar-refractivity contribution in [2.24, 2.45) is 11.1 Å². The van der Waals surface area contributed by atoms with Crippen LogP contribution in [0.2, 0.25) is 10.0 Å². The third-order valence-electron chi connectivity index (χ3n) is 5.00. The van der Waals surface area contributed by atoms with Crippen molar-refractivity contribution in [3.63, 3.8) is 0 Å². The molecule has 0 spiro atoms. The summed E-state index contributed by atoms with van der Waals surface area (Å²) >= 11 is 11.9. The average Bonchev–Trinajstić information content (AvgIpc) is 2.84. The van der Waals surface area contributed by atoms with Gasteiger partial charge in [-0.1, -0.05) is 46.6 Å². The largest absolute Gasteiger partial charge is 0.416 e. The molecule has 0 aliphatic carbocycles. The van der Waals surface area contributed by atoms with E-state index < -0.39 is 41.2 Å². The molecule has 2 amide bonds. The zero-order valence-electron chi connectivity index (χ0n) is 19.4. The van der Waals surface area contributed by atoms with Gasteiger partial charge in [0.25, 0.3) is 0 Å². The number of amides is 2. The number of nitrogens with one attached hydrogen (secondary N) is 2. The van der Waals surface area contributed by atoms with Gasteiger partial charge >= 0.3 is 12.4 Å². The lowest BCUT2D eigenvalue weighted by molar-refractivity contribution is -0.138. The molecule has 0 aliphatic rings. The molecule has 6 nitrogen and oxygen atoms in total.